The van der Waals surface area contributed by atoms with E-state index in [0.29, 0.717) is 0 Å². The van der Waals surface area contributed by atoms with Crippen LogP contribution in [0.25, 0.3) is 0 Å². The van der Waals surface area contributed by atoms with Gasteiger partial charge in [0, 0.05) is 0 Å². The molecule has 0 heterocycles. The van der Waals surface area contributed by atoms with Crippen molar-refractivity contribution in [1.82, 2.24) is 0 Å². The van der Waals surface area contributed by atoms with Gasteiger partial charge in [0.25, 0.3) is 3.79 Å². The van der Waals surface area contributed by atoms with Crippen LogP contribution in [0.3, 0.4) is 0 Å². The van der Waals surface area contributed by atoms with E-state index in [1.54, 1.807) is 0 Å². The molecule has 13 heteroatoms. The molecule has 0 aliphatic heterocycles. The van der Waals surface area contributed by atoms with Crippen molar-refractivity contribution < 1.29 is 45.3 Å². The van der Waals surface area contributed by atoms with E-state index in [1.807, 2.05) is 0 Å². The van der Waals surface area contributed by atoms with E-state index in [4.69, 9.17) is 50.4 Å². The minimum absolute atomic E-state index is 0.0586. The number of halogens is 3. The molecular weight excluding hydrogens is 396 g/mol. The van der Waals surface area contributed by atoms with Gasteiger partial charge in [0.05, 0.1) is 6.61 Å². The fourth-order valence-corrected chi connectivity index (χ4v) is 1.65. The van der Waals surface area contributed by atoms with Crippen LogP contribution in [0.4, 0.5) is 0 Å². The molecule has 7 unspecified atom stereocenters. The summed E-state index contributed by atoms with van der Waals surface area (Å²) in [6.45, 7) is -0.954. The van der Waals surface area contributed by atoms with E-state index in [0.717, 1.165) is 0 Å². The summed E-state index contributed by atoms with van der Waals surface area (Å²) < 4.78 is 2.22. The number of alkyl halides is 3. The Kier molecular flexibility index (Phi) is 9.91. The molecule has 24 heavy (non-hydrogen) atoms. The maximum absolute atomic E-state index is 10.9. The highest BCUT2D eigenvalue weighted by molar-refractivity contribution is 6.76. The van der Waals surface area contributed by atoms with Crippen LogP contribution in [0.2, 0.25) is 0 Å². The minimum Gasteiger partial charge on any atom is -0.464 e. The molecule has 0 spiro atoms. The van der Waals surface area contributed by atoms with Crippen LogP contribution in [0.5, 0.6) is 0 Å². The fourth-order valence-electron chi connectivity index (χ4n) is 1.52. The third kappa shape index (κ3) is 6.56. The average molecular weight is 415 g/mol. The van der Waals surface area contributed by atoms with E-state index in [9.17, 15) is 30.3 Å². The van der Waals surface area contributed by atoms with Gasteiger partial charge in [-0.2, -0.15) is 0 Å². The second-order valence-electron chi connectivity index (χ2n) is 4.75. The SMILES string of the molecule is N=C(OC(C=O)C(O)C(O)C(O)C(O)C(O)C(O)CO)C(Cl)(Cl)Cl. The molecule has 0 radical (unpaired) electrons. The molecule has 0 aromatic carbocycles. The maximum atomic E-state index is 10.9. The summed E-state index contributed by atoms with van der Waals surface area (Å²) in [6.07, 6.45) is -14.8. The van der Waals surface area contributed by atoms with Gasteiger partial charge in [-0.3, -0.25) is 10.2 Å². The molecule has 0 rings (SSSR count). The largest absolute Gasteiger partial charge is 0.464 e. The number of rotatable bonds is 9. The Balaban J connectivity index is 5.01. The lowest BCUT2D eigenvalue weighted by Gasteiger charge is -2.32. The summed E-state index contributed by atoms with van der Waals surface area (Å²) in [7, 11) is 0. The Morgan fingerprint density at radius 2 is 1.38 bits per heavy atom. The molecule has 0 saturated carbocycles. The van der Waals surface area contributed by atoms with Crippen LogP contribution in [-0.4, -0.2) is 101 Å². The first-order valence-corrected chi connectivity index (χ1v) is 7.48. The third-order valence-electron chi connectivity index (χ3n) is 2.96. The van der Waals surface area contributed by atoms with Crippen LogP contribution >= 0.6 is 34.8 Å². The lowest BCUT2D eigenvalue weighted by molar-refractivity contribution is -0.169. The molecule has 142 valence electrons. The van der Waals surface area contributed by atoms with Gasteiger partial charge in [0.15, 0.2) is 12.4 Å². The quantitative estimate of drug-likeness (QED) is 0.0844. The predicted molar refractivity (Wildman–Crippen MR) is 82.1 cm³/mol. The summed E-state index contributed by atoms with van der Waals surface area (Å²) in [5, 5.41) is 73.3. The zero-order valence-electron chi connectivity index (χ0n) is 11.9. The second kappa shape index (κ2) is 10.0. The average Bonchev–Trinajstić information content (AvgIpc) is 2.54. The number of nitrogens with one attached hydrogen (secondary N) is 1. The smallest absolute Gasteiger partial charge is 0.265 e. The molecule has 0 aromatic heterocycles. The van der Waals surface area contributed by atoms with Gasteiger partial charge in [-0.05, 0) is 0 Å². The summed E-state index contributed by atoms with van der Waals surface area (Å²) in [5.74, 6) is -1.05. The van der Waals surface area contributed by atoms with Gasteiger partial charge in [-0.25, -0.2) is 0 Å². The number of aliphatic hydroxyl groups is 7. The number of ether oxygens (including phenoxy) is 1. The molecule has 0 saturated heterocycles. The first-order chi connectivity index (χ1) is 10.9. The number of carbonyl (C=O) groups is 1. The Bertz CT molecular complexity index is 422. The predicted octanol–water partition coefficient (Wildman–Crippen LogP) is -2.92. The van der Waals surface area contributed by atoms with Crippen molar-refractivity contribution in [3.8, 4) is 0 Å². The monoisotopic (exact) mass is 413 g/mol. The standard InChI is InChI=1S/C11H18Cl3NO9/c12-11(13,14)10(15)24-4(2-17)6(20)8(22)9(23)7(21)5(19)3(18)1-16/h2-9,15-16,18-23H,1H2. The zero-order chi connectivity index (χ0) is 19.2. The molecule has 8 N–H and O–H groups in total. The highest BCUT2D eigenvalue weighted by Crippen LogP contribution is 2.28. The molecule has 0 bridgehead atoms. The van der Waals surface area contributed by atoms with E-state index >= 15 is 0 Å². The lowest BCUT2D eigenvalue weighted by Crippen LogP contribution is -2.55. The van der Waals surface area contributed by atoms with Gasteiger partial charge in [0.1, 0.15) is 36.6 Å². The van der Waals surface area contributed by atoms with Crippen molar-refractivity contribution in [2.75, 3.05) is 6.61 Å². The molecule has 0 aliphatic carbocycles. The van der Waals surface area contributed by atoms with E-state index in [1.165, 1.54) is 0 Å². The molecule has 0 aliphatic rings. The molecule has 10 nitrogen and oxygen atoms in total. The normalized spacial score (nSPS) is 21.1. The summed E-state index contributed by atoms with van der Waals surface area (Å²) in [5.41, 5.74) is 0. The van der Waals surface area contributed by atoms with Gasteiger partial charge in [-0.1, -0.05) is 34.8 Å². The van der Waals surface area contributed by atoms with Crippen molar-refractivity contribution in [2.45, 2.75) is 46.5 Å². The summed E-state index contributed by atoms with van der Waals surface area (Å²) in [6, 6.07) is 0. The van der Waals surface area contributed by atoms with E-state index in [-0.39, 0.29) is 6.29 Å². The number of hydrogen-bond donors (Lipinski definition) is 8. The zero-order valence-corrected chi connectivity index (χ0v) is 14.2. The van der Waals surface area contributed by atoms with Crippen LogP contribution in [0, 0.1) is 5.41 Å². The first-order valence-electron chi connectivity index (χ1n) is 6.35. The topological polar surface area (TPSA) is 192 Å². The first kappa shape index (κ1) is 23.7. The van der Waals surface area contributed by atoms with Crippen molar-refractivity contribution >= 4 is 47.0 Å². The van der Waals surface area contributed by atoms with Gasteiger partial charge < -0.3 is 40.5 Å². The molecular formula is C11H18Cl3NO9. The van der Waals surface area contributed by atoms with E-state index < -0.39 is 59.0 Å². The van der Waals surface area contributed by atoms with Gasteiger partial charge >= 0.3 is 0 Å². The third-order valence-corrected chi connectivity index (χ3v) is 3.48. The number of aliphatic hydroxyl groups excluding tert-OH is 7. The second-order valence-corrected chi connectivity index (χ2v) is 7.03. The Morgan fingerprint density at radius 3 is 1.75 bits per heavy atom. The number of carbonyl (C=O) groups excluding carboxylic acids is 1. The molecule has 0 aromatic rings. The molecule has 7 atom stereocenters. The van der Waals surface area contributed by atoms with Crippen LogP contribution in [-0.2, 0) is 9.53 Å². The van der Waals surface area contributed by atoms with Crippen LogP contribution in [0.1, 0.15) is 0 Å². The van der Waals surface area contributed by atoms with Crippen molar-refractivity contribution in [3.05, 3.63) is 0 Å². The van der Waals surface area contributed by atoms with Gasteiger partial charge in [0.2, 0.25) is 5.90 Å². The fraction of sp³-hybridized carbons (Fsp3) is 0.818. The van der Waals surface area contributed by atoms with Crippen molar-refractivity contribution in [1.29, 1.82) is 5.41 Å². The minimum atomic E-state index is -2.36. The highest BCUT2D eigenvalue weighted by Gasteiger charge is 2.41. The summed E-state index contributed by atoms with van der Waals surface area (Å²) in [4.78, 5) is 10.9. The molecule has 0 fully saturated rings. The van der Waals surface area contributed by atoms with Crippen LogP contribution < -0.4 is 0 Å². The van der Waals surface area contributed by atoms with Crippen LogP contribution in [0.15, 0.2) is 0 Å². The number of hydrogen-bond acceptors (Lipinski definition) is 10. The highest BCUT2D eigenvalue weighted by atomic mass is 35.6. The van der Waals surface area contributed by atoms with E-state index in [2.05, 4.69) is 4.74 Å². The Morgan fingerprint density at radius 1 is 0.958 bits per heavy atom. The summed E-state index contributed by atoms with van der Waals surface area (Å²) >= 11 is 16.0. The Hall–Kier alpha value is -0.270. The molecule has 0 amide bonds. The van der Waals surface area contributed by atoms with Crippen molar-refractivity contribution in [3.63, 3.8) is 0 Å². The van der Waals surface area contributed by atoms with Gasteiger partial charge in [-0.15, -0.1) is 0 Å². The lowest BCUT2D eigenvalue weighted by atomic mass is 9.94. The maximum Gasteiger partial charge on any atom is 0.265 e. The van der Waals surface area contributed by atoms with Crippen molar-refractivity contribution in [2.24, 2.45) is 0 Å². The Labute approximate surface area is 151 Å². The number of aldehydes is 1.